The zero-order valence-corrected chi connectivity index (χ0v) is 9.02. The highest BCUT2D eigenvalue weighted by atomic mass is 79.9. The van der Waals surface area contributed by atoms with E-state index < -0.39 is 0 Å². The Morgan fingerprint density at radius 1 is 1.75 bits per heavy atom. The highest BCUT2D eigenvalue weighted by molar-refractivity contribution is 9.10. The molecule has 2 atom stereocenters. The summed E-state index contributed by atoms with van der Waals surface area (Å²) in [7, 11) is 0. The van der Waals surface area contributed by atoms with E-state index >= 15 is 0 Å². The van der Waals surface area contributed by atoms with Crippen molar-refractivity contribution in [3.63, 3.8) is 0 Å². The number of amides is 1. The van der Waals surface area contributed by atoms with Crippen molar-refractivity contribution in [1.29, 1.82) is 0 Å². The fraction of sp³-hybridized carbons (Fsp3) is 0.667. The number of terminal acetylenes is 1. The number of carbonyl (C=O) groups is 1. The standard InChI is InChI=1S/C9H14BrNO/c1-4-6-8(5-2)11-9(12)7(3)10/h1,7-8H,5-6H2,2-3H3,(H,11,12). The summed E-state index contributed by atoms with van der Waals surface area (Å²) in [6, 6.07) is 0.113. The van der Waals surface area contributed by atoms with E-state index in [0.717, 1.165) is 6.42 Å². The van der Waals surface area contributed by atoms with Crippen LogP contribution in [0, 0.1) is 12.3 Å². The van der Waals surface area contributed by atoms with Gasteiger partial charge in [0, 0.05) is 12.5 Å². The Bertz CT molecular complexity index is 183. The Morgan fingerprint density at radius 3 is 2.67 bits per heavy atom. The van der Waals surface area contributed by atoms with E-state index in [9.17, 15) is 4.79 Å². The predicted octanol–water partition coefficient (Wildman–Crippen LogP) is 1.69. The summed E-state index contributed by atoms with van der Waals surface area (Å²) in [5.41, 5.74) is 0. The molecule has 12 heavy (non-hydrogen) atoms. The van der Waals surface area contributed by atoms with Crippen LogP contribution in [-0.4, -0.2) is 16.8 Å². The molecular weight excluding hydrogens is 218 g/mol. The lowest BCUT2D eigenvalue weighted by atomic mass is 10.1. The van der Waals surface area contributed by atoms with E-state index in [2.05, 4.69) is 27.2 Å². The van der Waals surface area contributed by atoms with Crippen LogP contribution in [0.2, 0.25) is 0 Å². The lowest BCUT2D eigenvalue weighted by molar-refractivity contribution is -0.120. The zero-order valence-electron chi connectivity index (χ0n) is 7.43. The Labute approximate surface area is 82.2 Å². The quantitative estimate of drug-likeness (QED) is 0.580. The fourth-order valence-corrected chi connectivity index (χ4v) is 0.888. The first-order valence-corrected chi connectivity index (χ1v) is 4.91. The highest BCUT2D eigenvalue weighted by Gasteiger charge is 2.12. The number of nitrogens with one attached hydrogen (secondary N) is 1. The van der Waals surface area contributed by atoms with E-state index in [4.69, 9.17) is 6.42 Å². The van der Waals surface area contributed by atoms with Gasteiger partial charge in [-0.2, -0.15) is 0 Å². The second-order valence-electron chi connectivity index (χ2n) is 2.64. The van der Waals surface area contributed by atoms with Crippen LogP contribution in [0.15, 0.2) is 0 Å². The molecule has 0 rings (SSSR count). The third-order valence-corrected chi connectivity index (χ3v) is 1.98. The van der Waals surface area contributed by atoms with Crippen molar-refractivity contribution in [1.82, 2.24) is 5.32 Å². The molecule has 2 unspecified atom stereocenters. The van der Waals surface area contributed by atoms with Gasteiger partial charge in [-0.3, -0.25) is 4.79 Å². The maximum absolute atomic E-state index is 11.2. The average molecular weight is 232 g/mol. The summed E-state index contributed by atoms with van der Waals surface area (Å²) in [6.07, 6.45) is 6.61. The number of carbonyl (C=O) groups excluding carboxylic acids is 1. The van der Waals surface area contributed by atoms with E-state index in [-0.39, 0.29) is 16.8 Å². The minimum atomic E-state index is -0.149. The van der Waals surface area contributed by atoms with E-state index in [0.29, 0.717) is 6.42 Å². The van der Waals surface area contributed by atoms with Crippen LogP contribution in [0.1, 0.15) is 26.7 Å². The van der Waals surface area contributed by atoms with Gasteiger partial charge in [-0.1, -0.05) is 22.9 Å². The van der Waals surface area contributed by atoms with Gasteiger partial charge in [0.25, 0.3) is 0 Å². The lowest BCUT2D eigenvalue weighted by Crippen LogP contribution is -2.37. The van der Waals surface area contributed by atoms with Gasteiger partial charge in [0.05, 0.1) is 4.83 Å². The third kappa shape index (κ3) is 4.40. The minimum absolute atomic E-state index is 0.00269. The van der Waals surface area contributed by atoms with Crippen molar-refractivity contribution in [2.45, 2.75) is 37.6 Å². The van der Waals surface area contributed by atoms with Crippen LogP contribution < -0.4 is 5.32 Å². The summed E-state index contributed by atoms with van der Waals surface area (Å²) in [4.78, 5) is 11.0. The van der Waals surface area contributed by atoms with Gasteiger partial charge in [0.2, 0.25) is 5.91 Å². The van der Waals surface area contributed by atoms with Gasteiger partial charge in [-0.05, 0) is 13.3 Å². The molecule has 3 heteroatoms. The first-order valence-electron chi connectivity index (χ1n) is 3.99. The molecule has 0 radical (unpaired) electrons. The van der Waals surface area contributed by atoms with Crippen molar-refractivity contribution >= 4 is 21.8 Å². The van der Waals surface area contributed by atoms with E-state index in [1.165, 1.54) is 0 Å². The molecule has 0 spiro atoms. The van der Waals surface area contributed by atoms with Gasteiger partial charge < -0.3 is 5.32 Å². The van der Waals surface area contributed by atoms with E-state index in [1.807, 2.05) is 6.92 Å². The molecule has 0 aromatic rings. The highest BCUT2D eigenvalue weighted by Crippen LogP contribution is 2.01. The lowest BCUT2D eigenvalue weighted by Gasteiger charge is -2.14. The smallest absolute Gasteiger partial charge is 0.233 e. The summed E-state index contributed by atoms with van der Waals surface area (Å²) in [5, 5.41) is 2.84. The third-order valence-electron chi connectivity index (χ3n) is 1.56. The molecule has 0 bridgehead atoms. The molecule has 0 aliphatic rings. The second-order valence-corrected chi connectivity index (χ2v) is 4.01. The monoisotopic (exact) mass is 231 g/mol. The number of hydrogen-bond acceptors (Lipinski definition) is 1. The average Bonchev–Trinajstić information content (AvgIpc) is 2.03. The zero-order chi connectivity index (χ0) is 9.56. The Morgan fingerprint density at radius 2 is 2.33 bits per heavy atom. The molecular formula is C9H14BrNO. The van der Waals surface area contributed by atoms with Crippen molar-refractivity contribution in [3.05, 3.63) is 0 Å². The summed E-state index contributed by atoms with van der Waals surface area (Å²) < 4.78 is 0. The van der Waals surface area contributed by atoms with Crippen molar-refractivity contribution in [2.24, 2.45) is 0 Å². The van der Waals surface area contributed by atoms with Gasteiger partial charge in [-0.25, -0.2) is 0 Å². The molecule has 1 amide bonds. The van der Waals surface area contributed by atoms with Crippen LogP contribution in [-0.2, 0) is 4.79 Å². The molecule has 2 nitrogen and oxygen atoms in total. The Hall–Kier alpha value is -0.490. The van der Waals surface area contributed by atoms with Crippen LogP contribution in [0.3, 0.4) is 0 Å². The molecule has 1 N–H and O–H groups in total. The maximum atomic E-state index is 11.2. The molecule has 0 aromatic carbocycles. The molecule has 0 saturated carbocycles. The first kappa shape index (κ1) is 11.5. The van der Waals surface area contributed by atoms with E-state index in [1.54, 1.807) is 6.92 Å². The number of hydrogen-bond donors (Lipinski definition) is 1. The Balaban J connectivity index is 3.87. The number of rotatable bonds is 4. The van der Waals surface area contributed by atoms with Crippen LogP contribution in [0.5, 0.6) is 0 Å². The molecule has 0 saturated heterocycles. The summed E-state index contributed by atoms with van der Waals surface area (Å²) in [5.74, 6) is 2.53. The maximum Gasteiger partial charge on any atom is 0.233 e. The van der Waals surface area contributed by atoms with Crippen molar-refractivity contribution < 1.29 is 4.79 Å². The van der Waals surface area contributed by atoms with Crippen LogP contribution >= 0.6 is 15.9 Å². The molecule has 0 aromatic heterocycles. The van der Waals surface area contributed by atoms with Crippen LogP contribution in [0.4, 0.5) is 0 Å². The largest absolute Gasteiger partial charge is 0.351 e. The molecule has 0 fully saturated rings. The topological polar surface area (TPSA) is 29.1 Å². The number of halogens is 1. The minimum Gasteiger partial charge on any atom is -0.351 e. The van der Waals surface area contributed by atoms with Gasteiger partial charge in [0.15, 0.2) is 0 Å². The number of alkyl halides is 1. The van der Waals surface area contributed by atoms with Crippen molar-refractivity contribution in [3.8, 4) is 12.3 Å². The molecule has 68 valence electrons. The van der Waals surface area contributed by atoms with Gasteiger partial charge in [0.1, 0.15) is 0 Å². The van der Waals surface area contributed by atoms with Crippen LogP contribution in [0.25, 0.3) is 0 Å². The molecule has 0 heterocycles. The second kappa shape index (κ2) is 6.07. The Kier molecular flexibility index (Phi) is 5.83. The van der Waals surface area contributed by atoms with Gasteiger partial charge >= 0.3 is 0 Å². The fourth-order valence-electron chi connectivity index (χ4n) is 0.756. The molecule has 0 aliphatic carbocycles. The SMILES string of the molecule is C#CCC(CC)NC(=O)C(C)Br. The summed E-state index contributed by atoms with van der Waals surface area (Å²) in [6.45, 7) is 3.79. The normalized spacial score (nSPS) is 14.5. The first-order chi connectivity index (χ1) is 5.61. The summed E-state index contributed by atoms with van der Waals surface area (Å²) >= 11 is 3.18. The predicted molar refractivity (Wildman–Crippen MR) is 54.1 cm³/mol. The van der Waals surface area contributed by atoms with Gasteiger partial charge in [-0.15, -0.1) is 12.3 Å². The van der Waals surface area contributed by atoms with Crippen molar-refractivity contribution in [2.75, 3.05) is 0 Å². The molecule has 0 aliphatic heterocycles.